The number of nitrogens with zero attached hydrogens (tertiary/aromatic N) is 1. The number of hydrogen-bond donors (Lipinski definition) is 1. The van der Waals surface area contributed by atoms with Gasteiger partial charge in [0.2, 0.25) is 15.9 Å². The van der Waals surface area contributed by atoms with Crippen molar-refractivity contribution in [3.63, 3.8) is 0 Å². The number of benzene rings is 3. The van der Waals surface area contributed by atoms with Gasteiger partial charge in [0.1, 0.15) is 11.8 Å². The molecule has 0 unspecified atom stereocenters. The minimum absolute atomic E-state index is 0.150. The van der Waals surface area contributed by atoms with Gasteiger partial charge in [0, 0.05) is 18.7 Å². The van der Waals surface area contributed by atoms with Crippen LogP contribution in [0.3, 0.4) is 0 Å². The van der Waals surface area contributed by atoms with E-state index in [9.17, 15) is 13.2 Å². The predicted octanol–water partition coefficient (Wildman–Crippen LogP) is 4.36. The third-order valence-corrected chi connectivity index (χ3v) is 9.15. The normalized spacial score (nSPS) is 16.0. The SMILES string of the molecule is COc1ccccc1CNC(=O)[C@@H]1Cc2ccccc2CN1S(=O)(=O)c1c(C)c(C)cc(C)c1C. The largest absolute Gasteiger partial charge is 0.496 e. The van der Waals surface area contributed by atoms with E-state index in [-0.39, 0.29) is 19.0 Å². The Kier molecular flexibility index (Phi) is 7.01. The Balaban J connectivity index is 1.73. The van der Waals surface area contributed by atoms with Crippen LogP contribution in [0.15, 0.2) is 59.5 Å². The van der Waals surface area contributed by atoms with Gasteiger partial charge in [-0.1, -0.05) is 48.5 Å². The molecule has 7 heteroatoms. The quantitative estimate of drug-likeness (QED) is 0.555. The molecule has 0 fully saturated rings. The molecular weight excluding hydrogens is 460 g/mol. The Morgan fingerprint density at radius 1 is 0.971 bits per heavy atom. The highest BCUT2D eigenvalue weighted by atomic mass is 32.2. The van der Waals surface area contributed by atoms with Crippen LogP contribution in [-0.2, 0) is 34.3 Å². The second kappa shape index (κ2) is 9.84. The number of carbonyl (C=O) groups is 1. The first-order valence-corrected chi connectivity index (χ1v) is 13.1. The first-order chi connectivity index (χ1) is 16.6. The third kappa shape index (κ3) is 4.70. The van der Waals surface area contributed by atoms with Crippen molar-refractivity contribution in [2.45, 2.75) is 58.1 Å². The third-order valence-electron chi connectivity index (χ3n) is 7.02. The second-order valence-electron chi connectivity index (χ2n) is 9.16. The van der Waals surface area contributed by atoms with Crippen LogP contribution < -0.4 is 10.1 Å². The number of sulfonamides is 1. The standard InChI is InChI=1S/C28H32N2O4S/c1-18-14-19(2)21(4)27(20(18)3)35(32,33)30-17-24-12-7-6-10-22(24)15-25(30)28(31)29-16-23-11-8-9-13-26(23)34-5/h6-14,25H,15-17H2,1-5H3,(H,29,31)/t25-/m0/s1. The van der Waals surface area contributed by atoms with Crippen LogP contribution in [0, 0.1) is 27.7 Å². The average molecular weight is 493 g/mol. The Hall–Kier alpha value is -3.16. The van der Waals surface area contributed by atoms with E-state index < -0.39 is 16.1 Å². The maximum atomic E-state index is 14.2. The molecule has 184 valence electrons. The van der Waals surface area contributed by atoms with Crippen LogP contribution >= 0.6 is 0 Å². The van der Waals surface area contributed by atoms with Crippen LogP contribution in [0.4, 0.5) is 0 Å². The molecule has 0 aliphatic carbocycles. The molecule has 1 aliphatic rings. The van der Waals surface area contributed by atoms with Gasteiger partial charge in [-0.3, -0.25) is 4.79 Å². The minimum Gasteiger partial charge on any atom is -0.496 e. The van der Waals surface area contributed by atoms with Gasteiger partial charge >= 0.3 is 0 Å². The lowest BCUT2D eigenvalue weighted by Crippen LogP contribution is -2.52. The number of para-hydroxylation sites is 1. The molecule has 3 aromatic rings. The fraction of sp³-hybridized carbons (Fsp3) is 0.321. The molecule has 1 amide bonds. The van der Waals surface area contributed by atoms with Crippen LogP contribution in [0.2, 0.25) is 0 Å². The predicted molar refractivity (Wildman–Crippen MR) is 137 cm³/mol. The van der Waals surface area contributed by atoms with Crippen LogP contribution in [-0.4, -0.2) is 31.8 Å². The molecule has 35 heavy (non-hydrogen) atoms. The molecule has 0 saturated heterocycles. The molecule has 6 nitrogen and oxygen atoms in total. The number of carbonyl (C=O) groups excluding carboxylic acids is 1. The number of aryl methyl sites for hydroxylation is 2. The fourth-order valence-corrected chi connectivity index (χ4v) is 6.95. The van der Waals surface area contributed by atoms with Crippen molar-refractivity contribution in [3.05, 3.63) is 93.5 Å². The lowest BCUT2D eigenvalue weighted by molar-refractivity contribution is -0.125. The highest BCUT2D eigenvalue weighted by Gasteiger charge is 2.41. The Morgan fingerprint density at radius 2 is 1.57 bits per heavy atom. The van der Waals surface area contributed by atoms with E-state index in [0.29, 0.717) is 17.1 Å². The van der Waals surface area contributed by atoms with Gasteiger partial charge in [-0.15, -0.1) is 0 Å². The molecule has 0 saturated carbocycles. The van der Waals surface area contributed by atoms with E-state index >= 15 is 0 Å². The maximum Gasteiger partial charge on any atom is 0.244 e. The minimum atomic E-state index is -3.95. The van der Waals surface area contributed by atoms with E-state index in [1.807, 2.05) is 82.3 Å². The van der Waals surface area contributed by atoms with Gasteiger partial charge in [-0.25, -0.2) is 8.42 Å². The molecule has 0 aromatic heterocycles. The molecule has 1 heterocycles. The van der Waals surface area contributed by atoms with Crippen molar-refractivity contribution >= 4 is 15.9 Å². The second-order valence-corrected chi connectivity index (χ2v) is 11.0. The number of fused-ring (bicyclic) bond motifs is 1. The molecule has 3 aromatic carbocycles. The number of hydrogen-bond acceptors (Lipinski definition) is 4. The zero-order valence-electron chi connectivity index (χ0n) is 20.9. The van der Waals surface area contributed by atoms with Crippen molar-refractivity contribution < 1.29 is 17.9 Å². The summed E-state index contributed by atoms with van der Waals surface area (Å²) in [7, 11) is -2.37. The van der Waals surface area contributed by atoms with Gasteiger partial charge in [-0.05, 0) is 73.6 Å². The van der Waals surface area contributed by atoms with E-state index in [1.165, 1.54) is 4.31 Å². The van der Waals surface area contributed by atoms with E-state index in [4.69, 9.17) is 4.74 Å². The summed E-state index contributed by atoms with van der Waals surface area (Å²) in [4.78, 5) is 13.8. The Bertz CT molecular complexity index is 1360. The maximum absolute atomic E-state index is 14.2. The van der Waals surface area contributed by atoms with Gasteiger partial charge in [-0.2, -0.15) is 4.31 Å². The van der Waals surface area contributed by atoms with Gasteiger partial charge in [0.15, 0.2) is 0 Å². The van der Waals surface area contributed by atoms with E-state index in [0.717, 1.165) is 38.9 Å². The summed E-state index contributed by atoms with van der Waals surface area (Å²) in [6.07, 6.45) is 0.316. The lowest BCUT2D eigenvalue weighted by atomic mass is 9.95. The summed E-state index contributed by atoms with van der Waals surface area (Å²) in [5.41, 5.74) is 6.02. The zero-order valence-corrected chi connectivity index (χ0v) is 21.7. The Morgan fingerprint density at radius 3 is 2.23 bits per heavy atom. The van der Waals surface area contributed by atoms with Gasteiger partial charge in [0.05, 0.1) is 12.0 Å². The number of methoxy groups -OCH3 is 1. The van der Waals surface area contributed by atoms with Crippen molar-refractivity contribution in [2.75, 3.05) is 7.11 Å². The number of nitrogens with one attached hydrogen (secondary N) is 1. The van der Waals surface area contributed by atoms with Crippen molar-refractivity contribution in [3.8, 4) is 5.75 Å². The molecule has 1 atom stereocenters. The van der Waals surface area contributed by atoms with Crippen LogP contribution in [0.25, 0.3) is 0 Å². The van der Waals surface area contributed by atoms with Crippen molar-refractivity contribution in [1.82, 2.24) is 9.62 Å². The van der Waals surface area contributed by atoms with Gasteiger partial charge in [0.25, 0.3) is 0 Å². The number of amides is 1. The summed E-state index contributed by atoms with van der Waals surface area (Å²) < 4.78 is 35.1. The first kappa shape index (κ1) is 24.9. The van der Waals surface area contributed by atoms with Crippen molar-refractivity contribution in [2.24, 2.45) is 0 Å². The highest BCUT2D eigenvalue weighted by molar-refractivity contribution is 7.89. The molecule has 0 spiro atoms. The topological polar surface area (TPSA) is 75.7 Å². The van der Waals surface area contributed by atoms with E-state index in [1.54, 1.807) is 7.11 Å². The van der Waals surface area contributed by atoms with E-state index in [2.05, 4.69) is 5.32 Å². The van der Waals surface area contributed by atoms with Crippen molar-refractivity contribution in [1.29, 1.82) is 0 Å². The van der Waals surface area contributed by atoms with Gasteiger partial charge < -0.3 is 10.1 Å². The first-order valence-electron chi connectivity index (χ1n) is 11.7. The van der Waals surface area contributed by atoms with Crippen LogP contribution in [0.5, 0.6) is 5.75 Å². The molecule has 1 aliphatic heterocycles. The zero-order chi connectivity index (χ0) is 25.3. The highest BCUT2D eigenvalue weighted by Crippen LogP contribution is 2.34. The summed E-state index contributed by atoms with van der Waals surface area (Å²) in [5, 5.41) is 2.95. The van der Waals surface area contributed by atoms with Crippen LogP contribution in [0.1, 0.15) is 38.9 Å². The number of ether oxygens (including phenoxy) is 1. The molecule has 1 N–H and O–H groups in total. The summed E-state index contributed by atoms with van der Waals surface area (Å²) in [6, 6.07) is 16.3. The summed E-state index contributed by atoms with van der Waals surface area (Å²) >= 11 is 0. The monoisotopic (exact) mass is 492 g/mol. The summed E-state index contributed by atoms with van der Waals surface area (Å²) in [5.74, 6) is 0.349. The molecule has 0 bridgehead atoms. The molecule has 4 rings (SSSR count). The summed E-state index contributed by atoms with van der Waals surface area (Å²) in [6.45, 7) is 7.91. The average Bonchev–Trinajstić information content (AvgIpc) is 2.85. The fourth-order valence-electron chi connectivity index (χ4n) is 4.81. The molecular formula is C28H32N2O4S. The lowest BCUT2D eigenvalue weighted by Gasteiger charge is -2.36. The number of rotatable bonds is 6. The Labute approximate surface area is 208 Å². The molecule has 0 radical (unpaired) electrons. The smallest absolute Gasteiger partial charge is 0.244 e.